The van der Waals surface area contributed by atoms with E-state index in [4.69, 9.17) is 20.5 Å². The highest BCUT2D eigenvalue weighted by molar-refractivity contribution is 8.18. The maximum Gasteiger partial charge on any atom is 0.339 e. The lowest BCUT2D eigenvalue weighted by Crippen LogP contribution is -2.27. The maximum atomic E-state index is 13.1. The Morgan fingerprint density at radius 1 is 1.03 bits per heavy atom. The van der Waals surface area contributed by atoms with Crippen molar-refractivity contribution in [3.63, 3.8) is 0 Å². The van der Waals surface area contributed by atoms with Crippen molar-refractivity contribution in [2.24, 2.45) is 0 Å². The van der Waals surface area contributed by atoms with Crippen molar-refractivity contribution in [1.29, 1.82) is 0 Å². The molecule has 0 spiro atoms. The summed E-state index contributed by atoms with van der Waals surface area (Å²) in [5.41, 5.74) is 1.12. The minimum Gasteiger partial charge on any atom is -0.493 e. The molecule has 2 amide bonds. The van der Waals surface area contributed by atoms with Gasteiger partial charge in [-0.15, -0.1) is 0 Å². The molecule has 3 aromatic rings. The number of hydrogen-bond acceptors (Lipinski definition) is 7. The van der Waals surface area contributed by atoms with Crippen molar-refractivity contribution in [2.75, 3.05) is 7.11 Å². The first-order chi connectivity index (χ1) is 16.7. The molecule has 0 aliphatic carbocycles. The van der Waals surface area contributed by atoms with Crippen LogP contribution in [-0.4, -0.2) is 31.6 Å². The molecule has 1 aliphatic heterocycles. The SMILES string of the molecule is COc1cc(/C=C2\SC(=O)N(Cc3ccccc3Cl)C2=O)ccc1OS(=O)(=O)c1ccc(F)cc1. The van der Waals surface area contributed by atoms with Crippen LogP contribution in [0.15, 0.2) is 76.5 Å². The van der Waals surface area contributed by atoms with Gasteiger partial charge < -0.3 is 8.92 Å². The number of imide groups is 1. The van der Waals surface area contributed by atoms with Gasteiger partial charge in [0, 0.05) is 5.02 Å². The number of carbonyl (C=O) groups is 2. The maximum absolute atomic E-state index is 13.1. The number of nitrogens with zero attached hydrogens (tertiary/aromatic N) is 1. The minimum absolute atomic E-state index is 0.0407. The number of halogens is 2. The Hall–Kier alpha value is -3.34. The number of methoxy groups -OCH3 is 1. The number of carbonyl (C=O) groups excluding carboxylic acids is 2. The monoisotopic (exact) mass is 533 g/mol. The van der Waals surface area contributed by atoms with Crippen LogP contribution in [0.5, 0.6) is 11.5 Å². The number of ether oxygens (including phenoxy) is 1. The van der Waals surface area contributed by atoms with Crippen LogP contribution in [0.1, 0.15) is 11.1 Å². The first-order valence-electron chi connectivity index (χ1n) is 10.0. The zero-order chi connectivity index (χ0) is 25.2. The molecule has 1 heterocycles. The van der Waals surface area contributed by atoms with Crippen LogP contribution >= 0.6 is 23.4 Å². The summed E-state index contributed by atoms with van der Waals surface area (Å²) < 4.78 is 48.6. The Labute approximate surface area is 210 Å². The van der Waals surface area contributed by atoms with Crippen molar-refractivity contribution in [3.8, 4) is 11.5 Å². The molecule has 0 radical (unpaired) electrons. The van der Waals surface area contributed by atoms with Crippen molar-refractivity contribution in [3.05, 3.63) is 93.6 Å². The van der Waals surface area contributed by atoms with Crippen LogP contribution in [0.3, 0.4) is 0 Å². The summed E-state index contributed by atoms with van der Waals surface area (Å²) in [7, 11) is -2.91. The molecule has 0 N–H and O–H groups in total. The summed E-state index contributed by atoms with van der Waals surface area (Å²) in [6.07, 6.45) is 1.50. The third-order valence-electron chi connectivity index (χ3n) is 4.95. The predicted molar refractivity (Wildman–Crippen MR) is 130 cm³/mol. The van der Waals surface area contributed by atoms with E-state index in [1.807, 2.05) is 0 Å². The van der Waals surface area contributed by atoms with Gasteiger partial charge in [-0.3, -0.25) is 14.5 Å². The van der Waals surface area contributed by atoms with E-state index in [-0.39, 0.29) is 27.8 Å². The third kappa shape index (κ3) is 5.50. The molecule has 0 atom stereocenters. The molecule has 1 fully saturated rings. The van der Waals surface area contributed by atoms with E-state index in [2.05, 4.69) is 0 Å². The molecular weight excluding hydrogens is 517 g/mol. The van der Waals surface area contributed by atoms with Crippen molar-refractivity contribution >= 4 is 50.7 Å². The average Bonchev–Trinajstić information content (AvgIpc) is 3.08. The molecule has 0 aromatic heterocycles. The second-order valence-corrected chi connectivity index (χ2v) is 10.2. The Morgan fingerprint density at radius 2 is 1.74 bits per heavy atom. The summed E-state index contributed by atoms with van der Waals surface area (Å²) in [4.78, 5) is 26.3. The van der Waals surface area contributed by atoms with Crippen LogP contribution in [0, 0.1) is 5.82 Å². The zero-order valence-corrected chi connectivity index (χ0v) is 20.5. The lowest BCUT2D eigenvalue weighted by molar-refractivity contribution is -0.123. The topological polar surface area (TPSA) is 90.0 Å². The second-order valence-electron chi connectivity index (χ2n) is 7.26. The predicted octanol–water partition coefficient (Wildman–Crippen LogP) is 5.49. The van der Waals surface area contributed by atoms with Crippen LogP contribution in [0.4, 0.5) is 9.18 Å². The van der Waals surface area contributed by atoms with Gasteiger partial charge in [0.1, 0.15) is 10.7 Å². The smallest absolute Gasteiger partial charge is 0.339 e. The molecule has 0 unspecified atom stereocenters. The molecular formula is C24H17ClFNO6S2. The van der Waals surface area contributed by atoms with Gasteiger partial charge in [0.2, 0.25) is 0 Å². The molecule has 1 aliphatic rings. The zero-order valence-electron chi connectivity index (χ0n) is 18.1. The van der Waals surface area contributed by atoms with E-state index >= 15 is 0 Å². The Bertz CT molecular complexity index is 1440. The third-order valence-corrected chi connectivity index (χ3v) is 7.47. The lowest BCUT2D eigenvalue weighted by atomic mass is 10.1. The fraction of sp³-hybridized carbons (Fsp3) is 0.0833. The quantitative estimate of drug-likeness (QED) is 0.293. The van der Waals surface area contributed by atoms with Gasteiger partial charge in [0.15, 0.2) is 11.5 Å². The lowest BCUT2D eigenvalue weighted by Gasteiger charge is -2.13. The van der Waals surface area contributed by atoms with E-state index in [9.17, 15) is 22.4 Å². The largest absolute Gasteiger partial charge is 0.493 e. The fourth-order valence-electron chi connectivity index (χ4n) is 3.20. The molecule has 180 valence electrons. The van der Waals surface area contributed by atoms with Gasteiger partial charge in [-0.2, -0.15) is 8.42 Å². The standard InChI is InChI=1S/C24H17ClFNO6S2/c1-32-21-12-15(6-11-20(21)33-35(30,31)18-9-7-17(26)8-10-18)13-22-23(28)27(24(29)34-22)14-16-4-2-3-5-19(16)25/h2-13H,14H2,1H3/b22-13-. The number of thioether (sulfide) groups is 1. The van der Waals surface area contributed by atoms with Gasteiger partial charge in [-0.1, -0.05) is 35.9 Å². The van der Waals surface area contributed by atoms with Gasteiger partial charge in [-0.05, 0) is 71.4 Å². The van der Waals surface area contributed by atoms with E-state index in [0.717, 1.165) is 40.9 Å². The Morgan fingerprint density at radius 3 is 2.43 bits per heavy atom. The number of hydrogen-bond donors (Lipinski definition) is 0. The van der Waals surface area contributed by atoms with Gasteiger partial charge in [-0.25, -0.2) is 4.39 Å². The first-order valence-corrected chi connectivity index (χ1v) is 12.6. The van der Waals surface area contributed by atoms with E-state index in [1.54, 1.807) is 24.3 Å². The summed E-state index contributed by atoms with van der Waals surface area (Å²) in [6, 6.07) is 15.5. The summed E-state index contributed by atoms with van der Waals surface area (Å²) in [5.74, 6) is -1.07. The molecule has 1 saturated heterocycles. The summed E-state index contributed by atoms with van der Waals surface area (Å²) in [5, 5.41) is 0.0184. The van der Waals surface area contributed by atoms with Crippen molar-refractivity contribution in [1.82, 2.24) is 4.90 Å². The van der Waals surface area contributed by atoms with Gasteiger partial charge in [0.25, 0.3) is 11.1 Å². The summed E-state index contributed by atoms with van der Waals surface area (Å²) in [6.45, 7) is 0.0407. The number of amides is 2. The highest BCUT2D eigenvalue weighted by Gasteiger charge is 2.35. The molecule has 11 heteroatoms. The molecule has 4 rings (SSSR count). The van der Waals surface area contributed by atoms with Crippen molar-refractivity contribution < 1.29 is 31.3 Å². The van der Waals surface area contributed by atoms with E-state index in [1.165, 1.54) is 31.4 Å². The number of rotatable bonds is 7. The molecule has 0 bridgehead atoms. The van der Waals surface area contributed by atoms with Gasteiger partial charge in [0.05, 0.1) is 18.6 Å². The van der Waals surface area contributed by atoms with Gasteiger partial charge >= 0.3 is 10.1 Å². The Balaban J connectivity index is 1.55. The molecule has 35 heavy (non-hydrogen) atoms. The molecule has 3 aromatic carbocycles. The first kappa shape index (κ1) is 24.8. The average molecular weight is 534 g/mol. The van der Waals surface area contributed by atoms with Crippen LogP contribution in [0.25, 0.3) is 6.08 Å². The second kappa shape index (κ2) is 10.1. The van der Waals surface area contributed by atoms with Crippen LogP contribution in [0.2, 0.25) is 5.02 Å². The highest BCUT2D eigenvalue weighted by atomic mass is 35.5. The number of benzene rings is 3. The van der Waals surface area contributed by atoms with E-state index in [0.29, 0.717) is 16.1 Å². The van der Waals surface area contributed by atoms with Crippen LogP contribution in [-0.2, 0) is 21.5 Å². The van der Waals surface area contributed by atoms with Crippen molar-refractivity contribution in [2.45, 2.75) is 11.4 Å². The molecule has 7 nitrogen and oxygen atoms in total. The Kier molecular flexibility index (Phi) is 7.15. The van der Waals surface area contributed by atoms with E-state index < -0.39 is 27.1 Å². The summed E-state index contributed by atoms with van der Waals surface area (Å²) >= 11 is 6.93. The fourth-order valence-corrected chi connectivity index (χ4v) is 5.17. The minimum atomic E-state index is -4.24. The van der Waals surface area contributed by atoms with Crippen LogP contribution < -0.4 is 8.92 Å². The molecule has 0 saturated carbocycles. The normalized spacial score (nSPS) is 15.1. The highest BCUT2D eigenvalue weighted by Crippen LogP contribution is 2.36.